The van der Waals surface area contributed by atoms with Crippen LogP contribution >= 0.6 is 0 Å². The molecule has 1 fully saturated rings. The van der Waals surface area contributed by atoms with E-state index < -0.39 is 23.4 Å². The van der Waals surface area contributed by atoms with Crippen LogP contribution in [0.2, 0.25) is 0 Å². The van der Waals surface area contributed by atoms with Gasteiger partial charge in [-0.15, -0.1) is 0 Å². The second kappa shape index (κ2) is 12.8. The van der Waals surface area contributed by atoms with E-state index in [1.807, 2.05) is 27.7 Å². The number of carbonyl (C=O) groups is 2. The molecule has 0 spiro atoms. The van der Waals surface area contributed by atoms with E-state index in [2.05, 4.69) is 25.5 Å². The number of rotatable bonds is 6. The summed E-state index contributed by atoms with van der Waals surface area (Å²) in [6.07, 6.45) is -2.66. The minimum atomic E-state index is -4.52. The first-order valence-electron chi connectivity index (χ1n) is 13.8. The van der Waals surface area contributed by atoms with Gasteiger partial charge < -0.3 is 29.9 Å². The number of nitrogens with zero attached hydrogens (tertiary/aromatic N) is 4. The molecule has 1 aromatic heterocycles. The lowest BCUT2D eigenvalue weighted by molar-refractivity contribution is -0.138. The van der Waals surface area contributed by atoms with E-state index in [1.165, 1.54) is 25.4 Å². The van der Waals surface area contributed by atoms with Crippen LogP contribution in [0.15, 0.2) is 54.9 Å². The maximum atomic E-state index is 13.2. The summed E-state index contributed by atoms with van der Waals surface area (Å²) < 4.78 is 51.0. The number of amides is 3. The molecule has 13 heteroatoms. The van der Waals surface area contributed by atoms with Crippen LogP contribution in [-0.4, -0.2) is 58.3 Å². The Labute approximate surface area is 248 Å². The summed E-state index contributed by atoms with van der Waals surface area (Å²) in [5.74, 6) is 1.43. The third-order valence-electron chi connectivity index (χ3n) is 6.66. The Hall–Kier alpha value is -4.55. The molecule has 1 aliphatic rings. The third-order valence-corrected chi connectivity index (χ3v) is 6.66. The minimum Gasteiger partial charge on any atom is -0.444 e. The molecule has 0 saturated carbocycles. The quantitative estimate of drug-likeness (QED) is 0.311. The highest BCUT2D eigenvalue weighted by Crippen LogP contribution is 2.33. The summed E-state index contributed by atoms with van der Waals surface area (Å²) in [4.78, 5) is 37.4. The highest BCUT2D eigenvalue weighted by atomic mass is 19.4. The van der Waals surface area contributed by atoms with Gasteiger partial charge in [0.25, 0.3) is 0 Å². The average molecular weight is 601 g/mol. The van der Waals surface area contributed by atoms with E-state index in [4.69, 9.17) is 9.47 Å². The molecule has 3 amide bonds. The Morgan fingerprint density at radius 1 is 0.977 bits per heavy atom. The Morgan fingerprint density at radius 2 is 1.65 bits per heavy atom. The second-order valence-corrected chi connectivity index (χ2v) is 11.1. The fourth-order valence-electron chi connectivity index (χ4n) is 4.57. The van der Waals surface area contributed by atoms with Crippen LogP contribution < -0.4 is 20.3 Å². The number of ether oxygens (including phenoxy) is 2. The summed E-state index contributed by atoms with van der Waals surface area (Å²) in [5.41, 5.74) is -0.888. The number of benzene rings is 2. The number of carbonyl (C=O) groups excluding carboxylic acids is 2. The molecule has 230 valence electrons. The lowest BCUT2D eigenvalue weighted by Crippen LogP contribution is -2.55. The number of urea groups is 1. The van der Waals surface area contributed by atoms with Crippen LogP contribution in [0, 0.1) is 6.92 Å². The summed E-state index contributed by atoms with van der Waals surface area (Å²) in [6, 6.07) is 11.1. The number of alkyl halides is 3. The van der Waals surface area contributed by atoms with Gasteiger partial charge in [0, 0.05) is 43.1 Å². The van der Waals surface area contributed by atoms with Crippen molar-refractivity contribution < 1.29 is 32.2 Å². The number of piperazine rings is 1. The first-order valence-corrected chi connectivity index (χ1v) is 13.8. The van der Waals surface area contributed by atoms with E-state index in [0.29, 0.717) is 42.8 Å². The number of aromatic nitrogens is 2. The average Bonchev–Trinajstić information content (AvgIpc) is 2.93. The number of hydrogen-bond acceptors (Lipinski definition) is 7. The molecule has 3 aromatic rings. The van der Waals surface area contributed by atoms with Gasteiger partial charge in [0.1, 0.15) is 23.5 Å². The molecule has 1 atom stereocenters. The van der Waals surface area contributed by atoms with Crippen LogP contribution in [0.1, 0.15) is 45.2 Å². The molecule has 2 heterocycles. The first kappa shape index (κ1) is 31.4. The zero-order valence-corrected chi connectivity index (χ0v) is 24.7. The highest BCUT2D eigenvalue weighted by Gasteiger charge is 2.33. The molecule has 10 nitrogen and oxygen atoms in total. The van der Waals surface area contributed by atoms with Gasteiger partial charge in [-0.25, -0.2) is 19.6 Å². The fraction of sp³-hybridized carbons (Fsp3) is 0.400. The lowest BCUT2D eigenvalue weighted by atomic mass is 10.1. The summed E-state index contributed by atoms with van der Waals surface area (Å²) in [5, 5.41) is 5.00. The maximum absolute atomic E-state index is 13.2. The van der Waals surface area contributed by atoms with E-state index in [0.717, 1.165) is 12.5 Å². The molecule has 4 rings (SSSR count). The molecular formula is C30H35F3N6O4. The van der Waals surface area contributed by atoms with Gasteiger partial charge in [-0.2, -0.15) is 13.2 Å². The Kier molecular flexibility index (Phi) is 9.31. The predicted molar refractivity (Wildman–Crippen MR) is 157 cm³/mol. The van der Waals surface area contributed by atoms with Gasteiger partial charge in [0.05, 0.1) is 5.56 Å². The molecule has 0 bridgehead atoms. The summed E-state index contributed by atoms with van der Waals surface area (Å²) in [7, 11) is 0. The van der Waals surface area contributed by atoms with Crippen molar-refractivity contribution in [2.24, 2.45) is 0 Å². The van der Waals surface area contributed by atoms with Gasteiger partial charge in [0.15, 0.2) is 0 Å². The molecule has 1 aliphatic heterocycles. The molecule has 2 aromatic carbocycles. The smallest absolute Gasteiger partial charge is 0.416 e. The number of aryl methyl sites for hydroxylation is 1. The minimum absolute atomic E-state index is 0.0199. The van der Waals surface area contributed by atoms with Crippen molar-refractivity contribution in [3.05, 3.63) is 66.0 Å². The van der Waals surface area contributed by atoms with Gasteiger partial charge in [0.2, 0.25) is 5.88 Å². The monoisotopic (exact) mass is 600 g/mol. The van der Waals surface area contributed by atoms with Gasteiger partial charge in [-0.1, -0.05) is 13.0 Å². The SMILES string of the molecule is CCC1CN(C(=O)OC(C)(C)C)CCN1c1cc(Oc2ccc(NC(=O)Nc3ccc(C)c(C(F)(F)F)c3)cc2)ncn1. The molecule has 43 heavy (non-hydrogen) atoms. The van der Waals surface area contributed by atoms with Crippen LogP contribution in [0.25, 0.3) is 0 Å². The predicted octanol–water partition coefficient (Wildman–Crippen LogP) is 7.08. The Balaban J connectivity index is 1.35. The summed E-state index contributed by atoms with van der Waals surface area (Å²) >= 11 is 0. The number of anilines is 3. The van der Waals surface area contributed by atoms with Crippen LogP contribution in [0.3, 0.4) is 0 Å². The molecule has 0 aliphatic carbocycles. The topological polar surface area (TPSA) is 109 Å². The van der Waals surface area contributed by atoms with E-state index in [1.54, 1.807) is 35.2 Å². The second-order valence-electron chi connectivity index (χ2n) is 11.1. The standard InChI is InChI=1S/C30H35F3N6O4/c1-6-22-17-38(28(41)43-29(3,4)5)13-14-39(22)25-16-26(35-18-34-25)42-23-11-9-20(10-12-23)36-27(40)37-21-8-7-19(2)24(15-21)30(31,32)33/h7-12,15-16,18,22H,6,13-14,17H2,1-5H3,(H2,36,37,40). The van der Waals surface area contributed by atoms with Crippen LogP contribution in [0.5, 0.6) is 11.6 Å². The van der Waals surface area contributed by atoms with Gasteiger partial charge in [-0.05, 0) is 76.1 Å². The van der Waals surface area contributed by atoms with E-state index in [9.17, 15) is 22.8 Å². The maximum Gasteiger partial charge on any atom is 0.416 e. The number of hydrogen-bond donors (Lipinski definition) is 2. The highest BCUT2D eigenvalue weighted by molar-refractivity contribution is 5.99. The van der Waals surface area contributed by atoms with Gasteiger partial charge >= 0.3 is 18.3 Å². The largest absolute Gasteiger partial charge is 0.444 e. The number of halogens is 3. The number of nitrogens with one attached hydrogen (secondary N) is 2. The van der Waals surface area contributed by atoms with Gasteiger partial charge in [-0.3, -0.25) is 0 Å². The Morgan fingerprint density at radius 3 is 2.30 bits per heavy atom. The molecule has 0 radical (unpaired) electrons. The van der Waals surface area contributed by atoms with E-state index >= 15 is 0 Å². The third kappa shape index (κ3) is 8.49. The van der Waals surface area contributed by atoms with Crippen molar-refractivity contribution in [2.45, 2.75) is 58.9 Å². The van der Waals surface area contributed by atoms with Crippen molar-refractivity contribution in [1.82, 2.24) is 14.9 Å². The van der Waals surface area contributed by atoms with Crippen LogP contribution in [-0.2, 0) is 10.9 Å². The molecule has 1 saturated heterocycles. The van der Waals surface area contributed by atoms with Crippen LogP contribution in [0.4, 0.5) is 40.0 Å². The van der Waals surface area contributed by atoms with E-state index in [-0.39, 0.29) is 23.4 Å². The zero-order chi connectivity index (χ0) is 31.4. The summed E-state index contributed by atoms with van der Waals surface area (Å²) in [6.45, 7) is 10.5. The Bertz CT molecular complexity index is 1440. The zero-order valence-electron chi connectivity index (χ0n) is 24.7. The van der Waals surface area contributed by atoms with Crippen molar-refractivity contribution in [3.8, 4) is 11.6 Å². The molecule has 2 N–H and O–H groups in total. The van der Waals surface area contributed by atoms with Crippen molar-refractivity contribution >= 4 is 29.3 Å². The fourth-order valence-corrected chi connectivity index (χ4v) is 4.57. The first-order chi connectivity index (χ1) is 20.2. The lowest BCUT2D eigenvalue weighted by Gasteiger charge is -2.42. The molecule has 1 unspecified atom stereocenters. The molecular weight excluding hydrogens is 565 g/mol. The van der Waals surface area contributed by atoms with Crippen molar-refractivity contribution in [3.63, 3.8) is 0 Å². The van der Waals surface area contributed by atoms with Crippen molar-refractivity contribution in [1.29, 1.82) is 0 Å². The van der Waals surface area contributed by atoms with Crippen molar-refractivity contribution in [2.75, 3.05) is 35.2 Å². The normalized spacial score (nSPS) is 15.6.